The lowest BCUT2D eigenvalue weighted by Crippen LogP contribution is -2.58. The zero-order valence-electron chi connectivity index (χ0n) is 19.1. The number of nitrogens with one attached hydrogen (secondary N) is 2. The Balaban J connectivity index is 2.95. The first-order valence-corrected chi connectivity index (χ1v) is 11.0. The molecule has 3 amide bonds. The van der Waals surface area contributed by atoms with Crippen molar-refractivity contribution < 1.29 is 29.4 Å². The Morgan fingerprint density at radius 1 is 1.13 bits per heavy atom. The molecule has 10 nitrogen and oxygen atoms in total. The van der Waals surface area contributed by atoms with E-state index in [2.05, 4.69) is 10.6 Å². The summed E-state index contributed by atoms with van der Waals surface area (Å²) in [5, 5.41) is 24.3. The van der Waals surface area contributed by atoms with Gasteiger partial charge in [0.1, 0.15) is 24.2 Å². The monoisotopic (exact) mass is 442 g/mol. The molecular weight excluding hydrogens is 404 g/mol. The topological polar surface area (TPSA) is 162 Å². The number of carboxylic acids is 1. The van der Waals surface area contributed by atoms with Crippen molar-refractivity contribution in [3.63, 3.8) is 0 Å². The van der Waals surface area contributed by atoms with E-state index < -0.39 is 54.0 Å². The van der Waals surface area contributed by atoms with E-state index in [1.54, 1.807) is 6.92 Å². The van der Waals surface area contributed by atoms with Gasteiger partial charge in [-0.2, -0.15) is 0 Å². The number of nitrogens with zero attached hydrogens (tertiary/aromatic N) is 1. The minimum atomic E-state index is -1.13. The van der Waals surface area contributed by atoms with Gasteiger partial charge in [0.15, 0.2) is 0 Å². The highest BCUT2D eigenvalue weighted by Gasteiger charge is 2.39. The molecule has 0 aromatic carbocycles. The van der Waals surface area contributed by atoms with Crippen LogP contribution in [0.25, 0.3) is 0 Å². The first-order valence-electron chi connectivity index (χ1n) is 11.0. The Kier molecular flexibility index (Phi) is 10.4. The van der Waals surface area contributed by atoms with Gasteiger partial charge in [-0.15, -0.1) is 0 Å². The van der Waals surface area contributed by atoms with Crippen LogP contribution in [0.2, 0.25) is 0 Å². The van der Waals surface area contributed by atoms with Gasteiger partial charge in [0.05, 0.1) is 6.10 Å². The highest BCUT2D eigenvalue weighted by Crippen LogP contribution is 2.20. The maximum atomic E-state index is 13.0. The number of hydrogen-bond donors (Lipinski definition) is 5. The Morgan fingerprint density at radius 3 is 2.23 bits per heavy atom. The van der Waals surface area contributed by atoms with Crippen molar-refractivity contribution in [2.24, 2.45) is 17.6 Å². The number of likely N-dealkylation sites (tertiary alicyclic amines) is 1. The van der Waals surface area contributed by atoms with Crippen LogP contribution in [0.5, 0.6) is 0 Å². The van der Waals surface area contributed by atoms with Gasteiger partial charge in [0.25, 0.3) is 0 Å². The van der Waals surface area contributed by atoms with E-state index >= 15 is 0 Å². The van der Waals surface area contributed by atoms with Crippen molar-refractivity contribution in [2.45, 2.75) is 90.6 Å². The van der Waals surface area contributed by atoms with Crippen LogP contribution in [0.3, 0.4) is 0 Å². The maximum absolute atomic E-state index is 13.0. The molecule has 1 heterocycles. The molecular formula is C21H38N4O6. The van der Waals surface area contributed by atoms with E-state index in [0.29, 0.717) is 32.2 Å². The van der Waals surface area contributed by atoms with Gasteiger partial charge in [-0.05, 0) is 38.0 Å². The summed E-state index contributed by atoms with van der Waals surface area (Å²) in [5.41, 5.74) is 5.75. The number of rotatable bonds is 11. The first kappa shape index (κ1) is 26.8. The fraction of sp³-hybridized carbons (Fsp3) is 0.810. The fourth-order valence-electron chi connectivity index (χ4n) is 3.61. The van der Waals surface area contributed by atoms with E-state index in [0.717, 1.165) is 0 Å². The minimum absolute atomic E-state index is 0.0629. The summed E-state index contributed by atoms with van der Waals surface area (Å²) in [7, 11) is 0. The lowest BCUT2D eigenvalue weighted by molar-refractivity contribution is -0.144. The summed E-state index contributed by atoms with van der Waals surface area (Å²) in [5.74, 6) is -2.90. The van der Waals surface area contributed by atoms with Crippen molar-refractivity contribution >= 4 is 23.7 Å². The molecule has 0 saturated carbocycles. The molecule has 6 atom stereocenters. The van der Waals surface area contributed by atoms with Crippen LogP contribution in [0.4, 0.5) is 0 Å². The van der Waals surface area contributed by atoms with Crippen molar-refractivity contribution in [3.8, 4) is 0 Å². The Morgan fingerprint density at radius 2 is 1.74 bits per heavy atom. The van der Waals surface area contributed by atoms with E-state index in [4.69, 9.17) is 5.73 Å². The molecule has 1 aliphatic heterocycles. The second-order valence-corrected chi connectivity index (χ2v) is 8.86. The van der Waals surface area contributed by atoms with Gasteiger partial charge in [0, 0.05) is 6.54 Å². The second kappa shape index (κ2) is 12.0. The van der Waals surface area contributed by atoms with E-state index in [1.165, 1.54) is 11.8 Å². The molecule has 6 unspecified atom stereocenters. The quantitative estimate of drug-likeness (QED) is 0.297. The summed E-state index contributed by atoms with van der Waals surface area (Å²) >= 11 is 0. The van der Waals surface area contributed by atoms with Crippen LogP contribution in [0, 0.1) is 11.8 Å². The summed E-state index contributed by atoms with van der Waals surface area (Å²) in [6, 6.07) is -3.90. The number of amides is 3. The second-order valence-electron chi connectivity index (χ2n) is 8.86. The lowest BCUT2D eigenvalue weighted by Gasteiger charge is -2.30. The van der Waals surface area contributed by atoms with Crippen LogP contribution in [-0.4, -0.2) is 75.6 Å². The predicted molar refractivity (Wildman–Crippen MR) is 115 cm³/mol. The molecule has 1 rings (SSSR count). The largest absolute Gasteiger partial charge is 0.480 e. The van der Waals surface area contributed by atoms with E-state index in [-0.39, 0.29) is 11.8 Å². The summed E-state index contributed by atoms with van der Waals surface area (Å²) in [4.78, 5) is 51.3. The molecule has 0 aliphatic carbocycles. The van der Waals surface area contributed by atoms with Gasteiger partial charge >= 0.3 is 5.97 Å². The van der Waals surface area contributed by atoms with Crippen molar-refractivity contribution in [1.82, 2.24) is 15.5 Å². The van der Waals surface area contributed by atoms with Crippen LogP contribution >= 0.6 is 0 Å². The SMILES string of the molecule is CCC(C)C(NC(=O)C(CC(C)C)NC(=O)C1CCCN1C(=O)C(N)C(C)O)C(=O)O. The highest BCUT2D eigenvalue weighted by molar-refractivity contribution is 5.94. The average Bonchev–Trinajstić information content (AvgIpc) is 3.18. The Hall–Kier alpha value is -2.20. The van der Waals surface area contributed by atoms with Crippen LogP contribution in [0.15, 0.2) is 0 Å². The Bertz CT molecular complexity index is 654. The summed E-state index contributed by atoms with van der Waals surface area (Å²) < 4.78 is 0. The van der Waals surface area contributed by atoms with Crippen molar-refractivity contribution in [1.29, 1.82) is 0 Å². The van der Waals surface area contributed by atoms with Crippen LogP contribution in [0.1, 0.15) is 60.3 Å². The number of carboxylic acid groups (broad SMARTS) is 1. The molecule has 0 radical (unpaired) electrons. The predicted octanol–water partition coefficient (Wildman–Crippen LogP) is -0.168. The molecule has 31 heavy (non-hydrogen) atoms. The van der Waals surface area contributed by atoms with Gasteiger partial charge in [-0.3, -0.25) is 14.4 Å². The van der Waals surface area contributed by atoms with Crippen LogP contribution < -0.4 is 16.4 Å². The van der Waals surface area contributed by atoms with Gasteiger partial charge in [-0.25, -0.2) is 4.79 Å². The van der Waals surface area contributed by atoms with Crippen molar-refractivity contribution in [2.75, 3.05) is 6.54 Å². The third-order valence-corrected chi connectivity index (χ3v) is 5.76. The molecule has 178 valence electrons. The number of aliphatic carboxylic acids is 1. The number of aliphatic hydroxyl groups excluding tert-OH is 1. The number of aliphatic hydroxyl groups is 1. The zero-order valence-corrected chi connectivity index (χ0v) is 19.1. The molecule has 1 saturated heterocycles. The number of hydrogen-bond acceptors (Lipinski definition) is 6. The third kappa shape index (κ3) is 7.46. The van der Waals surface area contributed by atoms with Gasteiger partial charge in [0.2, 0.25) is 17.7 Å². The number of carbonyl (C=O) groups excluding carboxylic acids is 3. The smallest absolute Gasteiger partial charge is 0.326 e. The first-order chi connectivity index (χ1) is 14.4. The fourth-order valence-corrected chi connectivity index (χ4v) is 3.61. The average molecular weight is 443 g/mol. The minimum Gasteiger partial charge on any atom is -0.480 e. The molecule has 0 aromatic heterocycles. The highest BCUT2D eigenvalue weighted by atomic mass is 16.4. The van der Waals surface area contributed by atoms with Crippen LogP contribution in [-0.2, 0) is 19.2 Å². The molecule has 6 N–H and O–H groups in total. The van der Waals surface area contributed by atoms with Gasteiger partial charge in [-0.1, -0.05) is 34.1 Å². The molecule has 0 aromatic rings. The normalized spacial score (nSPS) is 21.2. The van der Waals surface area contributed by atoms with Gasteiger partial charge < -0.3 is 31.5 Å². The molecule has 1 fully saturated rings. The zero-order chi connectivity index (χ0) is 23.9. The Labute approximate surface area is 183 Å². The van der Waals surface area contributed by atoms with Crippen molar-refractivity contribution in [3.05, 3.63) is 0 Å². The van der Waals surface area contributed by atoms with E-state index in [9.17, 15) is 29.4 Å². The summed E-state index contributed by atoms with van der Waals surface area (Å²) in [6.45, 7) is 9.11. The third-order valence-electron chi connectivity index (χ3n) is 5.76. The number of carbonyl (C=O) groups is 4. The molecule has 1 aliphatic rings. The number of nitrogens with two attached hydrogens (primary N) is 1. The molecule has 0 spiro atoms. The summed E-state index contributed by atoms with van der Waals surface area (Å²) in [6.07, 6.45) is 0.862. The lowest BCUT2D eigenvalue weighted by atomic mass is 9.97. The van der Waals surface area contributed by atoms with E-state index in [1.807, 2.05) is 20.8 Å². The molecule has 10 heteroatoms. The maximum Gasteiger partial charge on any atom is 0.326 e. The standard InChI is InChI=1S/C21H38N4O6/c1-6-12(4)17(21(30)31)24-18(27)14(10-11(2)3)23-19(28)15-8-7-9-25(15)20(29)16(22)13(5)26/h11-17,26H,6-10,22H2,1-5H3,(H,23,28)(H,24,27)(H,30,31). The molecule has 0 bridgehead atoms.